The van der Waals surface area contributed by atoms with Crippen LogP contribution in [0, 0.1) is 0 Å². The topological polar surface area (TPSA) is 99.8 Å². The van der Waals surface area contributed by atoms with Crippen LogP contribution in [0.15, 0.2) is 54.6 Å². The van der Waals surface area contributed by atoms with Crippen LogP contribution in [0.2, 0.25) is 0 Å². The Kier molecular flexibility index (Phi) is 8.06. The molecule has 8 nitrogen and oxygen atoms in total. The molecule has 2 aromatic carbocycles. The summed E-state index contributed by atoms with van der Waals surface area (Å²) < 4.78 is 44.3. The second-order valence-electron chi connectivity index (χ2n) is 8.92. The van der Waals surface area contributed by atoms with Gasteiger partial charge in [0.05, 0.1) is 18.3 Å². The molecule has 1 fully saturated rings. The molecule has 3 rings (SSSR count). The SMILES string of the molecule is CC(C)(C)OC(=O)N1CC(F)NCC1c1ccccc1CNNS(=O)(=O)Cc1ccccc1. The Hall–Kier alpha value is -2.53. The molecule has 33 heavy (non-hydrogen) atoms. The molecule has 0 bridgehead atoms. The average molecular weight is 479 g/mol. The van der Waals surface area contributed by atoms with Gasteiger partial charge in [0.25, 0.3) is 0 Å². The van der Waals surface area contributed by atoms with Crippen molar-refractivity contribution in [1.29, 1.82) is 0 Å². The summed E-state index contributed by atoms with van der Waals surface area (Å²) in [5, 5.41) is 2.77. The standard InChI is InChI=1S/C23H31FN4O4S/c1-23(2,3)32-22(29)28-15-21(24)25-14-20(28)19-12-8-7-11-18(19)13-26-27-33(30,31)16-17-9-5-4-6-10-17/h4-12,20-21,25-27H,13-16H2,1-3H3. The lowest BCUT2D eigenvalue weighted by Crippen LogP contribution is -2.53. The fourth-order valence-electron chi connectivity index (χ4n) is 3.61. The van der Waals surface area contributed by atoms with E-state index in [1.165, 1.54) is 4.90 Å². The van der Waals surface area contributed by atoms with Gasteiger partial charge in [0.2, 0.25) is 10.0 Å². The molecule has 2 atom stereocenters. The highest BCUT2D eigenvalue weighted by Gasteiger charge is 2.35. The molecule has 10 heteroatoms. The van der Waals surface area contributed by atoms with Crippen molar-refractivity contribution >= 4 is 16.1 Å². The highest BCUT2D eigenvalue weighted by atomic mass is 32.2. The van der Waals surface area contributed by atoms with Gasteiger partial charge in [0.15, 0.2) is 6.30 Å². The van der Waals surface area contributed by atoms with Crippen LogP contribution < -0.4 is 15.6 Å². The highest BCUT2D eigenvalue weighted by Crippen LogP contribution is 2.28. The summed E-state index contributed by atoms with van der Waals surface area (Å²) in [7, 11) is -3.60. The van der Waals surface area contributed by atoms with Crippen LogP contribution in [0.25, 0.3) is 0 Å². The van der Waals surface area contributed by atoms with Crippen LogP contribution >= 0.6 is 0 Å². The number of hydrogen-bond donors (Lipinski definition) is 3. The number of nitrogens with zero attached hydrogens (tertiary/aromatic N) is 1. The first-order chi connectivity index (χ1) is 15.5. The molecule has 0 aromatic heterocycles. The fraction of sp³-hybridized carbons (Fsp3) is 0.435. The number of carbonyl (C=O) groups is 1. The van der Waals surface area contributed by atoms with Crippen LogP contribution in [0.1, 0.15) is 43.5 Å². The molecule has 0 aliphatic carbocycles. The molecule has 1 amide bonds. The van der Waals surface area contributed by atoms with E-state index in [0.717, 1.165) is 11.1 Å². The number of hydrazine groups is 1. The zero-order valence-electron chi connectivity index (χ0n) is 19.0. The first-order valence-corrected chi connectivity index (χ1v) is 12.4. The third kappa shape index (κ3) is 7.50. The Morgan fingerprint density at radius 3 is 2.52 bits per heavy atom. The van der Waals surface area contributed by atoms with E-state index < -0.39 is 34.1 Å². The molecule has 0 spiro atoms. The van der Waals surface area contributed by atoms with Gasteiger partial charge in [-0.15, -0.1) is 0 Å². The molecule has 1 aliphatic rings. The van der Waals surface area contributed by atoms with E-state index in [0.29, 0.717) is 5.56 Å². The lowest BCUT2D eigenvalue weighted by Gasteiger charge is -2.39. The normalized spacial score (nSPS) is 19.3. The summed E-state index contributed by atoms with van der Waals surface area (Å²) in [5.74, 6) is -0.153. The molecule has 1 saturated heterocycles. The maximum Gasteiger partial charge on any atom is 0.410 e. The molecular formula is C23H31FN4O4S. The van der Waals surface area contributed by atoms with Crippen molar-refractivity contribution < 1.29 is 22.3 Å². The molecule has 1 heterocycles. The largest absolute Gasteiger partial charge is 0.444 e. The van der Waals surface area contributed by atoms with Gasteiger partial charge in [-0.2, -0.15) is 4.83 Å². The van der Waals surface area contributed by atoms with Gasteiger partial charge in [0, 0.05) is 13.1 Å². The minimum atomic E-state index is -3.60. The number of ether oxygens (including phenoxy) is 1. The summed E-state index contributed by atoms with van der Waals surface area (Å²) >= 11 is 0. The predicted octanol–water partition coefficient (Wildman–Crippen LogP) is 2.99. The number of sulfonamides is 1. The molecule has 3 N–H and O–H groups in total. The zero-order valence-corrected chi connectivity index (χ0v) is 19.9. The van der Waals surface area contributed by atoms with E-state index >= 15 is 0 Å². The number of alkyl halides is 1. The Morgan fingerprint density at radius 1 is 1.15 bits per heavy atom. The number of hydrogen-bond acceptors (Lipinski definition) is 6. The maximum absolute atomic E-state index is 14.1. The Morgan fingerprint density at radius 2 is 1.82 bits per heavy atom. The number of piperazine rings is 1. The van der Waals surface area contributed by atoms with Gasteiger partial charge >= 0.3 is 6.09 Å². The summed E-state index contributed by atoms with van der Waals surface area (Å²) in [4.78, 5) is 16.6. The Labute approximate surface area is 194 Å². The number of rotatable bonds is 7. The number of amides is 1. The van der Waals surface area contributed by atoms with E-state index in [9.17, 15) is 17.6 Å². The lowest BCUT2D eigenvalue weighted by molar-refractivity contribution is -0.00260. The van der Waals surface area contributed by atoms with Crippen LogP contribution in [0.5, 0.6) is 0 Å². The van der Waals surface area contributed by atoms with Crippen LogP contribution in [-0.4, -0.2) is 44.4 Å². The molecule has 1 aliphatic heterocycles. The minimum absolute atomic E-state index is 0.148. The second kappa shape index (κ2) is 10.6. The Bertz CT molecular complexity index is 1040. The number of nitrogens with one attached hydrogen (secondary N) is 3. The number of benzene rings is 2. The van der Waals surface area contributed by atoms with Crippen LogP contribution in [0.4, 0.5) is 9.18 Å². The van der Waals surface area contributed by atoms with Crippen molar-refractivity contribution in [2.45, 2.75) is 51.0 Å². The van der Waals surface area contributed by atoms with Gasteiger partial charge in [-0.1, -0.05) is 54.6 Å². The van der Waals surface area contributed by atoms with Gasteiger partial charge in [-0.3, -0.25) is 10.2 Å². The summed E-state index contributed by atoms with van der Waals surface area (Å²) in [6.07, 6.45) is -1.95. The van der Waals surface area contributed by atoms with Crippen molar-refractivity contribution in [2.24, 2.45) is 0 Å². The monoisotopic (exact) mass is 478 g/mol. The zero-order chi connectivity index (χ0) is 24.1. The van der Waals surface area contributed by atoms with Crippen molar-refractivity contribution in [3.05, 3.63) is 71.3 Å². The van der Waals surface area contributed by atoms with Crippen molar-refractivity contribution in [2.75, 3.05) is 13.1 Å². The van der Waals surface area contributed by atoms with Crippen molar-refractivity contribution in [1.82, 2.24) is 20.5 Å². The molecule has 0 radical (unpaired) electrons. The molecule has 2 aromatic rings. The number of carbonyl (C=O) groups excluding carboxylic acids is 1. The molecule has 0 saturated carbocycles. The van der Waals surface area contributed by atoms with Crippen molar-refractivity contribution in [3.63, 3.8) is 0 Å². The molecular weight excluding hydrogens is 447 g/mol. The summed E-state index contributed by atoms with van der Waals surface area (Å²) in [6, 6.07) is 15.7. The van der Waals surface area contributed by atoms with Crippen LogP contribution in [-0.2, 0) is 27.1 Å². The molecule has 2 unspecified atom stereocenters. The predicted molar refractivity (Wildman–Crippen MR) is 124 cm³/mol. The van der Waals surface area contributed by atoms with Gasteiger partial charge < -0.3 is 4.74 Å². The van der Waals surface area contributed by atoms with Crippen molar-refractivity contribution in [3.8, 4) is 0 Å². The van der Waals surface area contributed by atoms with E-state index in [4.69, 9.17) is 4.74 Å². The van der Waals surface area contributed by atoms with E-state index in [2.05, 4.69) is 15.6 Å². The smallest absolute Gasteiger partial charge is 0.410 e. The quantitative estimate of drug-likeness (QED) is 0.418. The third-order valence-electron chi connectivity index (χ3n) is 5.01. The van der Waals surface area contributed by atoms with E-state index in [1.54, 1.807) is 45.0 Å². The lowest BCUT2D eigenvalue weighted by atomic mass is 9.97. The highest BCUT2D eigenvalue weighted by molar-refractivity contribution is 7.88. The van der Waals surface area contributed by atoms with Gasteiger partial charge in [-0.25, -0.2) is 23.0 Å². The van der Waals surface area contributed by atoms with E-state index in [1.807, 2.05) is 30.3 Å². The van der Waals surface area contributed by atoms with E-state index in [-0.39, 0.29) is 25.4 Å². The minimum Gasteiger partial charge on any atom is -0.444 e. The first kappa shape index (κ1) is 25.1. The summed E-state index contributed by atoms with van der Waals surface area (Å²) in [5.41, 5.74) is 4.28. The maximum atomic E-state index is 14.1. The fourth-order valence-corrected chi connectivity index (χ4v) is 4.60. The first-order valence-electron chi connectivity index (χ1n) is 10.8. The van der Waals surface area contributed by atoms with Gasteiger partial charge in [0.1, 0.15) is 5.60 Å². The summed E-state index contributed by atoms with van der Waals surface area (Å²) in [6.45, 7) is 5.52. The third-order valence-corrected chi connectivity index (χ3v) is 6.18. The average Bonchev–Trinajstić information content (AvgIpc) is 2.73. The number of halogens is 1. The second-order valence-corrected chi connectivity index (χ2v) is 10.6. The van der Waals surface area contributed by atoms with Gasteiger partial charge in [-0.05, 0) is 37.5 Å². The molecule has 180 valence electrons. The van der Waals surface area contributed by atoms with Crippen LogP contribution in [0.3, 0.4) is 0 Å². The Balaban J connectivity index is 1.71.